The van der Waals surface area contributed by atoms with E-state index >= 15 is 0 Å². The second-order valence-corrected chi connectivity index (χ2v) is 4.23. The standard InChI is InChI=1S/C11H13N7O2/c1-6-7-4-8(13-2-3-19)14-5-18(7)15-9(6)10-11(12)17-20-16-10/h4-5,13,19H,2-3H2,1H3,(H2,12,17). The SMILES string of the molecule is Cc1c(-c2nonc2N)nn2cnc(NCCO)cc12. The zero-order valence-electron chi connectivity index (χ0n) is 10.7. The molecule has 4 N–H and O–H groups in total. The van der Waals surface area contributed by atoms with Gasteiger partial charge >= 0.3 is 0 Å². The van der Waals surface area contributed by atoms with E-state index in [0.717, 1.165) is 11.1 Å². The van der Waals surface area contributed by atoms with Gasteiger partial charge in [0.05, 0.1) is 12.1 Å². The highest BCUT2D eigenvalue weighted by molar-refractivity contribution is 5.76. The summed E-state index contributed by atoms with van der Waals surface area (Å²) in [5, 5.41) is 23.5. The van der Waals surface area contributed by atoms with Crippen LogP contribution in [0.15, 0.2) is 17.0 Å². The van der Waals surface area contributed by atoms with Gasteiger partial charge in [-0.15, -0.1) is 0 Å². The molecular formula is C11H13N7O2. The molecule has 0 aliphatic heterocycles. The summed E-state index contributed by atoms with van der Waals surface area (Å²) in [6, 6.07) is 1.84. The fourth-order valence-corrected chi connectivity index (χ4v) is 1.94. The number of aromatic nitrogens is 5. The fraction of sp³-hybridized carbons (Fsp3) is 0.273. The van der Waals surface area contributed by atoms with Gasteiger partial charge in [0.2, 0.25) is 0 Å². The molecule has 0 amide bonds. The topological polar surface area (TPSA) is 127 Å². The van der Waals surface area contributed by atoms with Crippen LogP contribution in [-0.2, 0) is 0 Å². The third kappa shape index (κ3) is 1.93. The number of aryl methyl sites for hydroxylation is 1. The summed E-state index contributed by atoms with van der Waals surface area (Å²) < 4.78 is 6.23. The number of hydrogen-bond acceptors (Lipinski definition) is 8. The summed E-state index contributed by atoms with van der Waals surface area (Å²) in [7, 11) is 0. The predicted molar refractivity (Wildman–Crippen MR) is 71.0 cm³/mol. The quantitative estimate of drug-likeness (QED) is 0.610. The minimum Gasteiger partial charge on any atom is -0.395 e. The Labute approximate surface area is 113 Å². The maximum absolute atomic E-state index is 8.81. The number of hydrogen-bond donors (Lipinski definition) is 3. The maximum Gasteiger partial charge on any atom is 0.198 e. The zero-order valence-corrected chi connectivity index (χ0v) is 10.7. The first-order valence-electron chi connectivity index (χ1n) is 5.99. The van der Waals surface area contributed by atoms with E-state index in [-0.39, 0.29) is 12.4 Å². The molecular weight excluding hydrogens is 262 g/mol. The molecule has 9 heteroatoms. The van der Waals surface area contributed by atoms with E-state index < -0.39 is 0 Å². The molecule has 0 aromatic carbocycles. The molecule has 3 rings (SSSR count). The van der Waals surface area contributed by atoms with Gasteiger partial charge in [0.25, 0.3) is 0 Å². The Morgan fingerprint density at radius 2 is 2.25 bits per heavy atom. The summed E-state index contributed by atoms with van der Waals surface area (Å²) in [5.41, 5.74) is 8.45. The van der Waals surface area contributed by atoms with Crippen molar-refractivity contribution in [2.75, 3.05) is 24.2 Å². The number of aliphatic hydroxyl groups is 1. The van der Waals surface area contributed by atoms with Crippen molar-refractivity contribution in [3.05, 3.63) is 18.0 Å². The predicted octanol–water partition coefficient (Wildman–Crippen LogP) is 0.0741. The van der Waals surface area contributed by atoms with Gasteiger partial charge in [0.15, 0.2) is 11.5 Å². The molecule has 0 unspecified atom stereocenters. The number of nitrogens with two attached hydrogens (primary N) is 1. The Balaban J connectivity index is 2.08. The number of nitrogen functional groups attached to an aromatic ring is 1. The van der Waals surface area contributed by atoms with Crippen LogP contribution in [0.3, 0.4) is 0 Å². The first kappa shape index (κ1) is 12.4. The van der Waals surface area contributed by atoms with E-state index in [9.17, 15) is 0 Å². The van der Waals surface area contributed by atoms with Crippen molar-refractivity contribution in [1.29, 1.82) is 0 Å². The normalized spacial score (nSPS) is 11.1. The van der Waals surface area contributed by atoms with Gasteiger partial charge in [-0.1, -0.05) is 0 Å². The van der Waals surface area contributed by atoms with Gasteiger partial charge in [-0.2, -0.15) is 5.10 Å². The van der Waals surface area contributed by atoms with Gasteiger partial charge in [-0.05, 0) is 17.2 Å². The number of aliphatic hydroxyl groups excluding tert-OH is 1. The number of fused-ring (bicyclic) bond motifs is 1. The second-order valence-electron chi connectivity index (χ2n) is 4.23. The maximum atomic E-state index is 8.81. The molecule has 9 nitrogen and oxygen atoms in total. The number of nitrogens with one attached hydrogen (secondary N) is 1. The molecule has 0 fully saturated rings. The molecule has 0 atom stereocenters. The highest BCUT2D eigenvalue weighted by atomic mass is 16.6. The first-order chi connectivity index (χ1) is 9.70. The molecule has 104 valence electrons. The zero-order chi connectivity index (χ0) is 14.1. The van der Waals surface area contributed by atoms with Crippen molar-refractivity contribution in [1.82, 2.24) is 24.9 Å². The van der Waals surface area contributed by atoms with Crippen LogP contribution in [-0.4, -0.2) is 43.2 Å². The minimum atomic E-state index is 0.0392. The van der Waals surface area contributed by atoms with Crippen molar-refractivity contribution in [3.8, 4) is 11.4 Å². The summed E-state index contributed by atoms with van der Waals surface area (Å²) in [5.74, 6) is 0.857. The molecule has 0 saturated heterocycles. The molecule has 0 bridgehead atoms. The van der Waals surface area contributed by atoms with E-state index in [4.69, 9.17) is 10.8 Å². The van der Waals surface area contributed by atoms with Crippen molar-refractivity contribution >= 4 is 17.2 Å². The summed E-state index contributed by atoms with van der Waals surface area (Å²) in [6.07, 6.45) is 1.58. The summed E-state index contributed by atoms with van der Waals surface area (Å²) >= 11 is 0. The molecule has 3 aromatic heterocycles. The number of anilines is 2. The Bertz CT molecular complexity index is 748. The minimum absolute atomic E-state index is 0.0392. The van der Waals surface area contributed by atoms with Gasteiger partial charge in [-0.25, -0.2) is 14.1 Å². The van der Waals surface area contributed by atoms with Crippen LogP contribution in [0.2, 0.25) is 0 Å². The molecule has 0 radical (unpaired) electrons. The second kappa shape index (κ2) is 4.78. The lowest BCUT2D eigenvalue weighted by Gasteiger charge is -2.03. The average Bonchev–Trinajstić information content (AvgIpc) is 3.01. The summed E-state index contributed by atoms with van der Waals surface area (Å²) in [6.45, 7) is 2.38. The van der Waals surface area contributed by atoms with Gasteiger partial charge < -0.3 is 16.2 Å². The number of nitrogens with zero attached hydrogens (tertiary/aromatic N) is 5. The molecule has 0 spiro atoms. The monoisotopic (exact) mass is 275 g/mol. The largest absolute Gasteiger partial charge is 0.395 e. The number of rotatable bonds is 4. The van der Waals surface area contributed by atoms with Crippen LogP contribution in [0.1, 0.15) is 5.56 Å². The molecule has 20 heavy (non-hydrogen) atoms. The Morgan fingerprint density at radius 3 is 2.95 bits per heavy atom. The Kier molecular flexibility index (Phi) is 2.95. The smallest absolute Gasteiger partial charge is 0.198 e. The van der Waals surface area contributed by atoms with E-state index in [1.54, 1.807) is 10.8 Å². The van der Waals surface area contributed by atoms with Crippen LogP contribution in [0.5, 0.6) is 0 Å². The van der Waals surface area contributed by atoms with E-state index in [0.29, 0.717) is 23.8 Å². The Hall–Kier alpha value is -2.68. The fourth-order valence-electron chi connectivity index (χ4n) is 1.94. The Morgan fingerprint density at radius 1 is 1.40 bits per heavy atom. The van der Waals surface area contributed by atoms with Crippen molar-refractivity contribution < 1.29 is 9.74 Å². The van der Waals surface area contributed by atoms with Crippen LogP contribution < -0.4 is 11.1 Å². The first-order valence-corrected chi connectivity index (χ1v) is 5.99. The molecule has 3 aromatic rings. The summed E-state index contributed by atoms with van der Waals surface area (Å²) in [4.78, 5) is 4.19. The highest BCUT2D eigenvalue weighted by Crippen LogP contribution is 2.27. The van der Waals surface area contributed by atoms with Crippen LogP contribution in [0, 0.1) is 6.92 Å². The van der Waals surface area contributed by atoms with Crippen LogP contribution in [0.25, 0.3) is 16.9 Å². The van der Waals surface area contributed by atoms with Crippen molar-refractivity contribution in [3.63, 3.8) is 0 Å². The van der Waals surface area contributed by atoms with Gasteiger partial charge in [0, 0.05) is 18.2 Å². The third-order valence-corrected chi connectivity index (χ3v) is 2.93. The molecule has 3 heterocycles. The van der Waals surface area contributed by atoms with E-state index in [2.05, 4.69) is 30.3 Å². The third-order valence-electron chi connectivity index (χ3n) is 2.93. The van der Waals surface area contributed by atoms with Gasteiger partial charge in [-0.3, -0.25) is 0 Å². The van der Waals surface area contributed by atoms with E-state index in [1.807, 2.05) is 13.0 Å². The molecule has 0 aliphatic rings. The van der Waals surface area contributed by atoms with Gasteiger partial charge in [0.1, 0.15) is 17.8 Å². The highest BCUT2D eigenvalue weighted by Gasteiger charge is 2.18. The van der Waals surface area contributed by atoms with Crippen molar-refractivity contribution in [2.24, 2.45) is 0 Å². The van der Waals surface area contributed by atoms with Crippen LogP contribution >= 0.6 is 0 Å². The molecule has 0 aliphatic carbocycles. The lowest BCUT2D eigenvalue weighted by molar-refractivity contribution is 0.310. The average molecular weight is 275 g/mol. The lowest BCUT2D eigenvalue weighted by Crippen LogP contribution is -2.07. The lowest BCUT2D eigenvalue weighted by atomic mass is 10.2. The van der Waals surface area contributed by atoms with Crippen LogP contribution in [0.4, 0.5) is 11.6 Å². The van der Waals surface area contributed by atoms with Crippen molar-refractivity contribution in [2.45, 2.75) is 6.92 Å². The van der Waals surface area contributed by atoms with E-state index in [1.165, 1.54) is 0 Å². The molecule has 0 saturated carbocycles.